The molecule has 23 heavy (non-hydrogen) atoms. The lowest BCUT2D eigenvalue weighted by atomic mass is 10.1. The second-order valence-electron chi connectivity index (χ2n) is 5.58. The van der Waals surface area contributed by atoms with Gasteiger partial charge in [0.1, 0.15) is 11.5 Å². The van der Waals surface area contributed by atoms with E-state index in [0.29, 0.717) is 11.3 Å². The summed E-state index contributed by atoms with van der Waals surface area (Å²) in [6.45, 7) is 0.119. The third-order valence-electron chi connectivity index (χ3n) is 3.82. The molecule has 2 aromatic rings. The van der Waals surface area contributed by atoms with Crippen molar-refractivity contribution in [2.24, 2.45) is 5.92 Å². The number of nitrogens with one attached hydrogen (secondary N) is 1. The van der Waals surface area contributed by atoms with Crippen molar-refractivity contribution in [2.45, 2.75) is 12.5 Å². The first-order valence-corrected chi connectivity index (χ1v) is 7.67. The van der Waals surface area contributed by atoms with Crippen LogP contribution in [0, 0.1) is 5.92 Å². The molecule has 0 saturated carbocycles. The predicted molar refractivity (Wildman–Crippen MR) is 88.5 cm³/mol. The van der Waals surface area contributed by atoms with Crippen LogP contribution in [0.3, 0.4) is 0 Å². The molecule has 2 N–H and O–H groups in total. The van der Waals surface area contributed by atoms with E-state index in [1.54, 1.807) is 24.3 Å². The Balaban J connectivity index is 1.58. The molecule has 3 rings (SSSR count). The van der Waals surface area contributed by atoms with Crippen LogP contribution >= 0.6 is 0 Å². The largest absolute Gasteiger partial charge is 0.457 e. The van der Waals surface area contributed by atoms with Gasteiger partial charge in [0, 0.05) is 24.1 Å². The highest BCUT2D eigenvalue weighted by Gasteiger charge is 2.20. The van der Waals surface area contributed by atoms with E-state index in [-0.39, 0.29) is 24.5 Å². The fourth-order valence-electron chi connectivity index (χ4n) is 2.57. The van der Waals surface area contributed by atoms with E-state index in [4.69, 9.17) is 9.84 Å². The van der Waals surface area contributed by atoms with E-state index in [1.807, 2.05) is 42.5 Å². The van der Waals surface area contributed by atoms with Crippen molar-refractivity contribution in [3.8, 4) is 11.5 Å². The summed E-state index contributed by atoms with van der Waals surface area (Å²) in [5.41, 5.74) is 0.589. The summed E-state index contributed by atoms with van der Waals surface area (Å²) in [4.78, 5) is 12.2. The van der Waals surface area contributed by atoms with E-state index < -0.39 is 0 Å². The van der Waals surface area contributed by atoms with Crippen LogP contribution in [0.2, 0.25) is 0 Å². The number of benzene rings is 2. The number of carbonyl (C=O) groups excluding carboxylic acids is 1. The van der Waals surface area contributed by atoms with E-state index in [2.05, 4.69) is 5.32 Å². The summed E-state index contributed by atoms with van der Waals surface area (Å²) in [5, 5.41) is 12.1. The molecule has 0 unspecified atom stereocenters. The summed E-state index contributed by atoms with van der Waals surface area (Å²) in [6.07, 6.45) is 4.63. The molecule has 0 radical (unpaired) electrons. The van der Waals surface area contributed by atoms with Crippen LogP contribution in [0.25, 0.3) is 0 Å². The minimum Gasteiger partial charge on any atom is -0.457 e. The standard InChI is InChI=1S/C19H19NO3/c21-13-14-6-9-16(12-14)20-19(22)15-7-10-18(11-8-15)23-17-4-2-1-3-5-17/h1-11,14,16,21H,12-13H2,(H,20,22)/t14-,16+/m0/s1. The lowest BCUT2D eigenvalue weighted by molar-refractivity contribution is 0.0941. The average molecular weight is 309 g/mol. The Hall–Kier alpha value is -2.59. The lowest BCUT2D eigenvalue weighted by Gasteiger charge is -2.13. The predicted octanol–water partition coefficient (Wildman–Crippen LogP) is 3.15. The highest BCUT2D eigenvalue weighted by molar-refractivity contribution is 5.94. The summed E-state index contributed by atoms with van der Waals surface area (Å²) in [5.74, 6) is 1.47. The molecular formula is C19H19NO3. The van der Waals surface area contributed by atoms with E-state index in [0.717, 1.165) is 12.2 Å². The van der Waals surface area contributed by atoms with Gasteiger partial charge in [-0.2, -0.15) is 0 Å². The van der Waals surface area contributed by atoms with Crippen LogP contribution in [-0.4, -0.2) is 23.7 Å². The molecule has 118 valence electrons. The molecule has 1 amide bonds. The number of para-hydroxylation sites is 1. The van der Waals surface area contributed by atoms with Crippen molar-refractivity contribution in [1.82, 2.24) is 5.32 Å². The zero-order valence-electron chi connectivity index (χ0n) is 12.7. The molecule has 1 aliphatic carbocycles. The zero-order chi connectivity index (χ0) is 16.1. The van der Waals surface area contributed by atoms with Crippen molar-refractivity contribution in [2.75, 3.05) is 6.61 Å². The summed E-state index contributed by atoms with van der Waals surface area (Å²) >= 11 is 0. The van der Waals surface area contributed by atoms with Crippen molar-refractivity contribution < 1.29 is 14.6 Å². The van der Waals surface area contributed by atoms with Crippen LogP contribution < -0.4 is 10.1 Å². The van der Waals surface area contributed by atoms with Crippen LogP contribution in [0.15, 0.2) is 66.7 Å². The Morgan fingerprint density at radius 3 is 2.39 bits per heavy atom. The lowest BCUT2D eigenvalue weighted by Crippen LogP contribution is -2.32. The maximum atomic E-state index is 12.2. The first-order chi connectivity index (χ1) is 11.2. The third kappa shape index (κ3) is 3.99. The molecule has 0 spiro atoms. The average Bonchev–Trinajstić information content (AvgIpc) is 3.04. The second-order valence-corrected chi connectivity index (χ2v) is 5.58. The number of rotatable bonds is 5. The summed E-state index contributed by atoms with van der Waals surface area (Å²) < 4.78 is 5.70. The van der Waals surface area contributed by atoms with Gasteiger partial charge in [0.05, 0.1) is 0 Å². The zero-order valence-corrected chi connectivity index (χ0v) is 12.7. The quantitative estimate of drug-likeness (QED) is 0.834. The number of ether oxygens (including phenoxy) is 1. The van der Waals surface area contributed by atoms with Crippen molar-refractivity contribution >= 4 is 5.91 Å². The molecule has 4 heteroatoms. The number of hydrogen-bond donors (Lipinski definition) is 2. The van der Waals surface area contributed by atoms with Gasteiger partial charge < -0.3 is 15.2 Å². The Labute approximate surface area is 135 Å². The number of hydrogen-bond acceptors (Lipinski definition) is 3. The molecule has 0 fully saturated rings. The van der Waals surface area contributed by atoms with Crippen molar-refractivity contribution in [1.29, 1.82) is 0 Å². The maximum absolute atomic E-state index is 12.2. The molecule has 0 saturated heterocycles. The number of aliphatic hydroxyl groups excluding tert-OH is 1. The smallest absolute Gasteiger partial charge is 0.251 e. The SMILES string of the molecule is O=C(N[C@@H]1C=C[C@H](CO)C1)c1ccc(Oc2ccccc2)cc1. The van der Waals surface area contributed by atoms with Gasteiger partial charge >= 0.3 is 0 Å². The molecule has 2 atom stereocenters. The first-order valence-electron chi connectivity index (χ1n) is 7.67. The Morgan fingerprint density at radius 2 is 1.74 bits per heavy atom. The second kappa shape index (κ2) is 7.11. The van der Waals surface area contributed by atoms with Gasteiger partial charge in [0.25, 0.3) is 5.91 Å². The third-order valence-corrected chi connectivity index (χ3v) is 3.82. The summed E-state index contributed by atoms with van der Waals surface area (Å²) in [6, 6.07) is 16.5. The monoisotopic (exact) mass is 309 g/mol. The van der Waals surface area contributed by atoms with Gasteiger partial charge in [-0.25, -0.2) is 0 Å². The number of aliphatic hydroxyl groups is 1. The number of amides is 1. The van der Waals surface area contributed by atoms with Gasteiger partial charge in [-0.1, -0.05) is 30.4 Å². The Morgan fingerprint density at radius 1 is 1.04 bits per heavy atom. The van der Waals surface area contributed by atoms with Crippen molar-refractivity contribution in [3.63, 3.8) is 0 Å². The minimum atomic E-state index is -0.121. The highest BCUT2D eigenvalue weighted by Crippen LogP contribution is 2.22. The Kier molecular flexibility index (Phi) is 4.74. The fourth-order valence-corrected chi connectivity index (χ4v) is 2.57. The summed E-state index contributed by atoms with van der Waals surface area (Å²) in [7, 11) is 0. The maximum Gasteiger partial charge on any atom is 0.251 e. The van der Waals surface area contributed by atoms with E-state index in [9.17, 15) is 4.79 Å². The molecule has 4 nitrogen and oxygen atoms in total. The molecule has 1 aliphatic rings. The first kappa shape index (κ1) is 15.3. The topological polar surface area (TPSA) is 58.6 Å². The van der Waals surface area contributed by atoms with E-state index in [1.165, 1.54) is 0 Å². The molecule has 0 heterocycles. The minimum absolute atomic E-state index is 0.0140. The van der Waals surface area contributed by atoms with Gasteiger partial charge in [-0.05, 0) is 42.8 Å². The van der Waals surface area contributed by atoms with E-state index >= 15 is 0 Å². The molecule has 0 aromatic heterocycles. The van der Waals surface area contributed by atoms with Gasteiger partial charge in [0.15, 0.2) is 0 Å². The fraction of sp³-hybridized carbons (Fsp3) is 0.211. The molecule has 2 aromatic carbocycles. The van der Waals surface area contributed by atoms with Gasteiger partial charge in [-0.15, -0.1) is 0 Å². The van der Waals surface area contributed by atoms with Crippen LogP contribution in [-0.2, 0) is 0 Å². The van der Waals surface area contributed by atoms with Gasteiger partial charge in [0.2, 0.25) is 0 Å². The van der Waals surface area contributed by atoms with Gasteiger partial charge in [-0.3, -0.25) is 4.79 Å². The van der Waals surface area contributed by atoms with Crippen LogP contribution in [0.1, 0.15) is 16.8 Å². The normalized spacial score (nSPS) is 19.5. The molecular weight excluding hydrogens is 290 g/mol. The molecule has 0 aliphatic heterocycles. The Bertz CT molecular complexity index is 680. The van der Waals surface area contributed by atoms with Crippen LogP contribution in [0.5, 0.6) is 11.5 Å². The van der Waals surface area contributed by atoms with Crippen molar-refractivity contribution in [3.05, 3.63) is 72.3 Å². The van der Waals surface area contributed by atoms with Crippen LogP contribution in [0.4, 0.5) is 0 Å². The number of carbonyl (C=O) groups is 1. The molecule has 0 bridgehead atoms. The highest BCUT2D eigenvalue weighted by atomic mass is 16.5.